The normalized spacial score (nSPS) is 20.8. The van der Waals surface area contributed by atoms with Crippen LogP contribution in [0.2, 0.25) is 0 Å². The van der Waals surface area contributed by atoms with Crippen molar-refractivity contribution in [1.82, 2.24) is 20.4 Å². The number of nitrogens with zero attached hydrogens (tertiary/aromatic N) is 2. The van der Waals surface area contributed by atoms with Crippen LogP contribution in [0.1, 0.15) is 69.2 Å². The van der Waals surface area contributed by atoms with E-state index in [0.717, 1.165) is 0 Å². The van der Waals surface area contributed by atoms with Crippen LogP contribution >= 0.6 is 0 Å². The number of amides is 4. The number of methoxy groups -OCH3 is 1. The highest BCUT2D eigenvalue weighted by Gasteiger charge is 2.55. The molecule has 202 valence electrons. The molecule has 0 aromatic heterocycles. The van der Waals surface area contributed by atoms with Gasteiger partial charge in [-0.3, -0.25) is 14.4 Å². The molecular formula is C26H48N4O5. The lowest BCUT2D eigenvalue weighted by Gasteiger charge is -2.37. The van der Waals surface area contributed by atoms with E-state index in [0.29, 0.717) is 19.0 Å². The maximum atomic E-state index is 13.7. The molecular weight excluding hydrogens is 448 g/mol. The number of hydrogen-bond acceptors (Lipinski definition) is 5. The average molecular weight is 497 g/mol. The third kappa shape index (κ3) is 8.39. The molecule has 9 nitrogen and oxygen atoms in total. The summed E-state index contributed by atoms with van der Waals surface area (Å²) >= 11 is 0. The second-order valence-corrected chi connectivity index (χ2v) is 12.7. The summed E-state index contributed by atoms with van der Waals surface area (Å²) in [5, 5.41) is 5.82. The molecule has 4 amide bonds. The van der Waals surface area contributed by atoms with Gasteiger partial charge >= 0.3 is 12.0 Å². The molecule has 9 heteroatoms. The molecule has 0 saturated heterocycles. The van der Waals surface area contributed by atoms with Crippen molar-refractivity contribution in [3.63, 3.8) is 0 Å². The van der Waals surface area contributed by atoms with Crippen LogP contribution in [0.4, 0.5) is 4.79 Å². The summed E-state index contributed by atoms with van der Waals surface area (Å²) in [7, 11) is 2.99. The maximum absolute atomic E-state index is 13.7. The summed E-state index contributed by atoms with van der Waals surface area (Å²) < 4.78 is 4.84. The van der Waals surface area contributed by atoms with Gasteiger partial charge in [-0.1, -0.05) is 62.3 Å². The molecule has 0 aliphatic heterocycles. The van der Waals surface area contributed by atoms with Crippen molar-refractivity contribution in [3.05, 3.63) is 0 Å². The van der Waals surface area contributed by atoms with Gasteiger partial charge in [0.25, 0.3) is 0 Å². The van der Waals surface area contributed by atoms with Crippen LogP contribution in [0.15, 0.2) is 0 Å². The Balaban J connectivity index is 3.11. The van der Waals surface area contributed by atoms with Crippen LogP contribution in [0.25, 0.3) is 0 Å². The number of urea groups is 1. The zero-order valence-corrected chi connectivity index (χ0v) is 23.9. The Morgan fingerprint density at radius 3 is 1.89 bits per heavy atom. The fraction of sp³-hybridized carbons (Fsp3) is 0.846. The fourth-order valence-electron chi connectivity index (χ4n) is 4.20. The second-order valence-electron chi connectivity index (χ2n) is 12.7. The van der Waals surface area contributed by atoms with Crippen LogP contribution < -0.4 is 10.6 Å². The van der Waals surface area contributed by atoms with Gasteiger partial charge in [-0.05, 0) is 28.1 Å². The monoisotopic (exact) mass is 496 g/mol. The van der Waals surface area contributed by atoms with Crippen molar-refractivity contribution in [1.29, 1.82) is 0 Å². The molecule has 1 fully saturated rings. The van der Waals surface area contributed by atoms with Gasteiger partial charge < -0.3 is 25.2 Å². The summed E-state index contributed by atoms with van der Waals surface area (Å²) in [6.45, 7) is 20.1. The topological polar surface area (TPSA) is 108 Å². The summed E-state index contributed by atoms with van der Waals surface area (Å²) in [4.78, 5) is 53.8. The Morgan fingerprint density at radius 2 is 1.51 bits per heavy atom. The predicted molar refractivity (Wildman–Crippen MR) is 136 cm³/mol. The number of esters is 1. The van der Waals surface area contributed by atoms with Gasteiger partial charge in [0.15, 0.2) is 0 Å². The minimum atomic E-state index is -0.865. The van der Waals surface area contributed by atoms with Crippen molar-refractivity contribution >= 4 is 23.8 Å². The SMILES string of the molecule is COC(=O)CN(C[C@H]1[C@@H](C)C1(C)C)C(=O)[C@@H](NC(=O)N[C@H](CN(C)C(C)=O)C(C)(C)C)C(C)(C)C. The van der Waals surface area contributed by atoms with Crippen LogP contribution in [-0.4, -0.2) is 79.5 Å². The number of rotatable bonds is 9. The van der Waals surface area contributed by atoms with E-state index >= 15 is 0 Å². The quantitative estimate of drug-likeness (QED) is 0.477. The van der Waals surface area contributed by atoms with Crippen LogP contribution in [0.5, 0.6) is 0 Å². The standard InChI is InChI=1S/C26H48N4O5/c1-16-18(26(16,9)10)13-30(15-20(32)35-12)22(33)21(25(6,7)8)28-23(34)27-19(24(3,4)5)14-29(11)17(2)31/h16,18-19,21H,13-15H2,1-12H3,(H2,27,28,34)/t16-,18+,19-,21-/m1/s1. The lowest BCUT2D eigenvalue weighted by Crippen LogP contribution is -2.60. The van der Waals surface area contributed by atoms with Gasteiger partial charge in [0.1, 0.15) is 12.6 Å². The van der Waals surface area contributed by atoms with E-state index < -0.39 is 23.5 Å². The summed E-state index contributed by atoms with van der Waals surface area (Å²) in [6, 6.07) is -1.70. The van der Waals surface area contributed by atoms with Gasteiger partial charge in [-0.2, -0.15) is 0 Å². The van der Waals surface area contributed by atoms with Gasteiger partial charge in [0, 0.05) is 27.1 Å². The lowest BCUT2D eigenvalue weighted by molar-refractivity contribution is -0.149. The van der Waals surface area contributed by atoms with Crippen molar-refractivity contribution in [2.24, 2.45) is 28.1 Å². The Hall–Kier alpha value is -2.32. The molecule has 1 aliphatic carbocycles. The van der Waals surface area contributed by atoms with Gasteiger partial charge in [-0.15, -0.1) is 0 Å². The highest BCUT2D eigenvalue weighted by atomic mass is 16.5. The number of carbonyl (C=O) groups is 4. The van der Waals surface area contributed by atoms with Crippen LogP contribution in [0.3, 0.4) is 0 Å². The molecule has 0 radical (unpaired) electrons. The smallest absolute Gasteiger partial charge is 0.325 e. The summed E-state index contributed by atoms with van der Waals surface area (Å²) in [5.74, 6) is -0.230. The summed E-state index contributed by atoms with van der Waals surface area (Å²) in [5.41, 5.74) is -0.854. The highest BCUT2D eigenvalue weighted by molar-refractivity contribution is 5.90. The fourth-order valence-corrected chi connectivity index (χ4v) is 4.20. The predicted octanol–water partition coefficient (Wildman–Crippen LogP) is 2.89. The van der Waals surface area contributed by atoms with E-state index in [-0.39, 0.29) is 41.1 Å². The first-order valence-corrected chi connectivity index (χ1v) is 12.4. The molecule has 1 saturated carbocycles. The minimum absolute atomic E-state index is 0.0827. The Bertz CT molecular complexity index is 797. The van der Waals surface area contributed by atoms with Crippen molar-refractivity contribution in [2.45, 2.75) is 81.3 Å². The minimum Gasteiger partial charge on any atom is -0.468 e. The van der Waals surface area contributed by atoms with E-state index in [9.17, 15) is 19.2 Å². The van der Waals surface area contributed by atoms with Crippen molar-refractivity contribution < 1.29 is 23.9 Å². The van der Waals surface area contributed by atoms with E-state index in [1.165, 1.54) is 18.9 Å². The zero-order chi connectivity index (χ0) is 27.5. The van der Waals surface area contributed by atoms with Crippen molar-refractivity contribution in [2.75, 3.05) is 33.8 Å². The first kappa shape index (κ1) is 30.7. The van der Waals surface area contributed by atoms with Crippen molar-refractivity contribution in [3.8, 4) is 0 Å². The Morgan fingerprint density at radius 1 is 1.00 bits per heavy atom. The number of nitrogens with one attached hydrogen (secondary N) is 2. The second kappa shape index (κ2) is 11.2. The number of hydrogen-bond donors (Lipinski definition) is 2. The number of carbonyl (C=O) groups excluding carboxylic acids is 4. The van der Waals surface area contributed by atoms with Gasteiger partial charge in [0.05, 0.1) is 13.2 Å². The molecule has 0 aromatic rings. The van der Waals surface area contributed by atoms with Crippen LogP contribution in [0, 0.1) is 28.1 Å². The van der Waals surface area contributed by atoms with E-state index in [1.807, 2.05) is 41.5 Å². The zero-order valence-electron chi connectivity index (χ0n) is 23.9. The van der Waals surface area contributed by atoms with E-state index in [4.69, 9.17) is 4.74 Å². The average Bonchev–Trinajstić information content (AvgIpc) is 3.18. The van der Waals surface area contributed by atoms with E-state index in [1.54, 1.807) is 11.9 Å². The molecule has 0 spiro atoms. The lowest BCUT2D eigenvalue weighted by atomic mass is 9.85. The molecule has 1 aliphatic rings. The summed E-state index contributed by atoms with van der Waals surface area (Å²) in [6.07, 6.45) is 0. The van der Waals surface area contributed by atoms with Crippen LogP contribution in [-0.2, 0) is 19.1 Å². The molecule has 2 N–H and O–H groups in total. The third-order valence-corrected chi connectivity index (χ3v) is 7.63. The molecule has 0 heterocycles. The number of likely N-dealkylation sites (N-methyl/N-ethyl adjacent to an activating group) is 1. The molecule has 0 aromatic carbocycles. The Labute approximate surface area is 211 Å². The maximum Gasteiger partial charge on any atom is 0.325 e. The number of ether oxygens (including phenoxy) is 1. The molecule has 0 unspecified atom stereocenters. The van der Waals surface area contributed by atoms with E-state index in [2.05, 4.69) is 31.4 Å². The third-order valence-electron chi connectivity index (χ3n) is 7.63. The van der Waals surface area contributed by atoms with Gasteiger partial charge in [-0.25, -0.2) is 4.79 Å². The first-order chi connectivity index (χ1) is 15.7. The van der Waals surface area contributed by atoms with Gasteiger partial charge in [0.2, 0.25) is 11.8 Å². The molecule has 4 atom stereocenters. The largest absolute Gasteiger partial charge is 0.468 e. The molecule has 0 bridgehead atoms. The highest BCUT2D eigenvalue weighted by Crippen LogP contribution is 2.58. The molecule has 1 rings (SSSR count). The first-order valence-electron chi connectivity index (χ1n) is 12.4. The molecule has 35 heavy (non-hydrogen) atoms. The Kier molecular flexibility index (Phi) is 9.80.